The van der Waals surface area contributed by atoms with Gasteiger partial charge in [-0.25, -0.2) is 4.98 Å². The number of alkyl halides is 3. The molecule has 2 aromatic heterocycles. The molecule has 32 heavy (non-hydrogen) atoms. The molecule has 0 aliphatic carbocycles. The van der Waals surface area contributed by atoms with Crippen LogP contribution in [0.4, 0.5) is 18.9 Å². The summed E-state index contributed by atoms with van der Waals surface area (Å²) >= 11 is 1.42. The molecular weight excluding hydrogens is 443 g/mol. The first-order valence-corrected chi connectivity index (χ1v) is 10.4. The van der Waals surface area contributed by atoms with Crippen molar-refractivity contribution in [3.05, 3.63) is 93.6 Å². The number of aryl methyl sites for hydroxylation is 1. The van der Waals surface area contributed by atoms with E-state index in [0.29, 0.717) is 28.5 Å². The zero-order valence-electron chi connectivity index (χ0n) is 16.6. The normalized spacial score (nSPS) is 11.6. The summed E-state index contributed by atoms with van der Waals surface area (Å²) in [5, 5.41) is 2.49. The van der Waals surface area contributed by atoms with Gasteiger partial charge in [0.05, 0.1) is 16.8 Å². The average molecular weight is 459 g/mol. The number of anilines is 1. The first-order valence-electron chi connectivity index (χ1n) is 9.41. The summed E-state index contributed by atoms with van der Waals surface area (Å²) in [6, 6.07) is 14.3. The van der Waals surface area contributed by atoms with E-state index in [0.717, 1.165) is 21.6 Å². The minimum atomic E-state index is -4.62. The minimum absolute atomic E-state index is 0.309. The molecule has 2 heterocycles. The largest absolute Gasteiger partial charge is 0.417 e. The summed E-state index contributed by atoms with van der Waals surface area (Å²) in [6.45, 7) is 1.73. The Hall–Kier alpha value is -3.53. The maximum absolute atomic E-state index is 13.1. The van der Waals surface area contributed by atoms with Crippen LogP contribution in [0.1, 0.15) is 27.4 Å². The van der Waals surface area contributed by atoms with Gasteiger partial charge in [-0.2, -0.15) is 13.2 Å². The third-order valence-electron chi connectivity index (χ3n) is 4.50. The number of nitrogens with zero attached hydrogens (tertiary/aromatic N) is 2. The number of halogens is 3. The highest BCUT2D eigenvalue weighted by atomic mass is 32.2. The predicted molar refractivity (Wildman–Crippen MR) is 114 cm³/mol. The van der Waals surface area contributed by atoms with Crippen molar-refractivity contribution in [1.29, 1.82) is 0 Å². The molecule has 0 aliphatic heterocycles. The Kier molecular flexibility index (Phi) is 5.79. The van der Waals surface area contributed by atoms with E-state index in [1.807, 2.05) is 0 Å². The molecule has 0 fully saturated rings. The Morgan fingerprint density at radius 2 is 1.84 bits per heavy atom. The fourth-order valence-corrected chi connectivity index (χ4v) is 3.86. The molecule has 0 atom stereocenters. The van der Waals surface area contributed by atoms with Crippen molar-refractivity contribution in [3.63, 3.8) is 0 Å². The summed E-state index contributed by atoms with van der Waals surface area (Å²) in [7, 11) is 0. The molecule has 0 bridgehead atoms. The van der Waals surface area contributed by atoms with Gasteiger partial charge in [0, 0.05) is 28.5 Å². The van der Waals surface area contributed by atoms with Crippen LogP contribution in [0.2, 0.25) is 0 Å². The number of fused-ring (bicyclic) bond motifs is 1. The number of aromatic nitrogens is 2. The van der Waals surface area contributed by atoms with Gasteiger partial charge in [-0.3, -0.25) is 9.59 Å². The van der Waals surface area contributed by atoms with E-state index < -0.39 is 23.2 Å². The van der Waals surface area contributed by atoms with Crippen LogP contribution < -0.4 is 10.9 Å². The zero-order valence-corrected chi connectivity index (χ0v) is 17.5. The monoisotopic (exact) mass is 459 g/mol. The van der Waals surface area contributed by atoms with Crippen molar-refractivity contribution < 1.29 is 22.5 Å². The molecule has 2 aromatic carbocycles. The van der Waals surface area contributed by atoms with Crippen molar-refractivity contribution in [1.82, 2.24) is 9.56 Å². The van der Waals surface area contributed by atoms with Crippen LogP contribution in [0.25, 0.3) is 5.65 Å². The summed E-state index contributed by atoms with van der Waals surface area (Å²) in [5.74, 6) is 0.169. The number of benzene rings is 2. The van der Waals surface area contributed by atoms with Gasteiger partial charge in [0.2, 0.25) is 0 Å². The molecule has 0 saturated heterocycles. The molecule has 4 aromatic rings. The molecule has 1 amide bonds. The Balaban J connectivity index is 1.43. The van der Waals surface area contributed by atoms with E-state index in [4.69, 9.17) is 4.52 Å². The molecule has 0 unspecified atom stereocenters. The van der Waals surface area contributed by atoms with Crippen LogP contribution >= 0.6 is 11.8 Å². The molecule has 0 saturated carbocycles. The quantitative estimate of drug-likeness (QED) is 0.417. The summed E-state index contributed by atoms with van der Waals surface area (Å²) in [4.78, 5) is 29.7. The van der Waals surface area contributed by atoms with Gasteiger partial charge in [0.15, 0.2) is 5.65 Å². The third-order valence-corrected chi connectivity index (χ3v) is 5.55. The average Bonchev–Trinajstić information content (AvgIpc) is 3.13. The van der Waals surface area contributed by atoms with Gasteiger partial charge < -0.3 is 9.84 Å². The lowest BCUT2D eigenvalue weighted by molar-refractivity contribution is -0.137. The number of carbonyl (C=O) groups excluding carboxylic acids is 1. The maximum Gasteiger partial charge on any atom is 0.417 e. The maximum atomic E-state index is 13.1. The smallest absolute Gasteiger partial charge is 0.375 e. The Morgan fingerprint density at radius 1 is 1.12 bits per heavy atom. The molecule has 10 heteroatoms. The second-order valence-electron chi connectivity index (χ2n) is 6.90. The highest BCUT2D eigenvalue weighted by Crippen LogP contribution is 2.32. The zero-order chi connectivity index (χ0) is 22.9. The first kappa shape index (κ1) is 21.7. The Labute approximate surface area is 184 Å². The second kappa shape index (κ2) is 8.54. The van der Waals surface area contributed by atoms with Crippen molar-refractivity contribution in [3.8, 4) is 0 Å². The van der Waals surface area contributed by atoms with Crippen LogP contribution in [0.3, 0.4) is 0 Å². The lowest BCUT2D eigenvalue weighted by Crippen LogP contribution is -2.18. The SMILES string of the molecule is Cc1cc2nc(CSc3ccc(NC(=O)c4ccccc4C(F)(F)F)cc3)cc(=O)n2o1. The van der Waals surface area contributed by atoms with E-state index in [1.165, 1.54) is 30.0 Å². The first-order chi connectivity index (χ1) is 15.2. The number of hydrogen-bond donors (Lipinski definition) is 1. The summed E-state index contributed by atoms with van der Waals surface area (Å²) in [5.41, 5.74) is -0.359. The van der Waals surface area contributed by atoms with Gasteiger partial charge in [0.25, 0.3) is 11.5 Å². The predicted octanol–water partition coefficient (Wildman–Crippen LogP) is 5.16. The molecule has 1 N–H and O–H groups in total. The molecule has 164 valence electrons. The lowest BCUT2D eigenvalue weighted by Gasteiger charge is -2.13. The topological polar surface area (TPSA) is 76.6 Å². The van der Waals surface area contributed by atoms with Crippen molar-refractivity contribution >= 4 is 29.0 Å². The highest BCUT2D eigenvalue weighted by molar-refractivity contribution is 7.98. The number of hydrogen-bond acceptors (Lipinski definition) is 5. The van der Waals surface area contributed by atoms with Crippen molar-refractivity contribution in [2.24, 2.45) is 0 Å². The number of thioether (sulfide) groups is 1. The summed E-state index contributed by atoms with van der Waals surface area (Å²) < 4.78 is 45.8. The summed E-state index contributed by atoms with van der Waals surface area (Å²) in [6.07, 6.45) is -4.62. The van der Waals surface area contributed by atoms with E-state index in [-0.39, 0.29) is 5.56 Å². The Morgan fingerprint density at radius 3 is 2.56 bits per heavy atom. The van der Waals surface area contributed by atoms with Crippen LogP contribution in [-0.4, -0.2) is 15.5 Å². The molecular formula is C22H16F3N3O3S. The van der Waals surface area contributed by atoms with Crippen LogP contribution in [0, 0.1) is 6.92 Å². The molecule has 0 aliphatic rings. The molecule has 0 radical (unpaired) electrons. The van der Waals surface area contributed by atoms with Gasteiger partial charge in [-0.05, 0) is 43.3 Å². The van der Waals surface area contributed by atoms with Gasteiger partial charge in [-0.1, -0.05) is 12.1 Å². The highest BCUT2D eigenvalue weighted by Gasteiger charge is 2.34. The van der Waals surface area contributed by atoms with Crippen LogP contribution in [-0.2, 0) is 11.9 Å². The second-order valence-corrected chi connectivity index (χ2v) is 7.94. The number of carbonyl (C=O) groups is 1. The standard InChI is InChI=1S/C22H16F3N3O3S/c1-13-10-19-26-15(11-20(29)28(19)31-13)12-32-16-8-6-14(7-9-16)27-21(30)17-4-2-3-5-18(17)22(23,24)25/h2-11H,12H2,1H3,(H,27,30). The van der Waals surface area contributed by atoms with Gasteiger partial charge in [0.1, 0.15) is 5.76 Å². The fourth-order valence-electron chi connectivity index (χ4n) is 3.07. The van der Waals surface area contributed by atoms with E-state index >= 15 is 0 Å². The number of nitrogens with one attached hydrogen (secondary N) is 1. The number of amides is 1. The van der Waals surface area contributed by atoms with Crippen LogP contribution in [0.5, 0.6) is 0 Å². The van der Waals surface area contributed by atoms with Crippen LogP contribution in [0.15, 0.2) is 74.9 Å². The van der Waals surface area contributed by atoms with Gasteiger partial charge in [-0.15, -0.1) is 16.3 Å². The molecule has 0 spiro atoms. The molecule has 4 rings (SSSR count). The molecule has 6 nitrogen and oxygen atoms in total. The van der Waals surface area contributed by atoms with E-state index in [2.05, 4.69) is 10.3 Å². The van der Waals surface area contributed by atoms with Crippen molar-refractivity contribution in [2.75, 3.05) is 5.32 Å². The van der Waals surface area contributed by atoms with E-state index in [9.17, 15) is 22.8 Å². The van der Waals surface area contributed by atoms with E-state index in [1.54, 1.807) is 37.3 Å². The third kappa shape index (κ3) is 4.70. The lowest BCUT2D eigenvalue weighted by atomic mass is 10.1. The Bertz CT molecular complexity index is 1340. The van der Waals surface area contributed by atoms with Gasteiger partial charge >= 0.3 is 6.18 Å². The fraction of sp³-hybridized carbons (Fsp3) is 0.136. The number of rotatable bonds is 5. The van der Waals surface area contributed by atoms with Crippen molar-refractivity contribution in [2.45, 2.75) is 23.7 Å². The minimum Gasteiger partial charge on any atom is -0.375 e.